The fraction of sp³-hybridized carbons (Fsp3) is 0.0645. The van der Waals surface area contributed by atoms with Crippen LogP contribution in [-0.4, -0.2) is 19.4 Å². The zero-order valence-electron chi connectivity index (χ0n) is 19.8. The van der Waals surface area contributed by atoms with Crippen molar-refractivity contribution in [3.05, 3.63) is 133 Å². The van der Waals surface area contributed by atoms with Crippen molar-refractivity contribution in [1.29, 1.82) is 0 Å². The van der Waals surface area contributed by atoms with Crippen LogP contribution in [0, 0.1) is 13.8 Å². The lowest BCUT2D eigenvalue weighted by atomic mass is 10.1. The number of benzene rings is 2. The number of pyridine rings is 3. The van der Waals surface area contributed by atoms with Gasteiger partial charge in [-0.25, -0.2) is 9.97 Å². The van der Waals surface area contributed by atoms with Crippen molar-refractivity contribution in [1.82, 2.24) is 19.4 Å². The van der Waals surface area contributed by atoms with Gasteiger partial charge in [0.25, 0.3) is 0 Å². The molecule has 0 amide bonds. The zero-order chi connectivity index (χ0) is 24.0. The number of fused-ring (bicyclic) bond motifs is 1. The number of aromatic nitrogens is 4. The van der Waals surface area contributed by atoms with E-state index in [1.165, 1.54) is 11.3 Å². The maximum absolute atomic E-state index is 4.71. The van der Waals surface area contributed by atoms with Crippen molar-refractivity contribution >= 4 is 5.65 Å². The summed E-state index contributed by atoms with van der Waals surface area (Å²) in [6.07, 6.45) is 3.88. The molecule has 0 atom stereocenters. The van der Waals surface area contributed by atoms with Crippen molar-refractivity contribution in [2.45, 2.75) is 13.8 Å². The molecule has 4 nitrogen and oxygen atoms in total. The molecule has 0 bridgehead atoms. The van der Waals surface area contributed by atoms with Crippen LogP contribution >= 0.6 is 0 Å². The average molecular weight is 455 g/mol. The van der Waals surface area contributed by atoms with Gasteiger partial charge in [0, 0.05) is 29.2 Å². The Labute approximate surface area is 205 Å². The summed E-state index contributed by atoms with van der Waals surface area (Å²) in [7, 11) is 0. The van der Waals surface area contributed by atoms with Crippen LogP contribution in [0.5, 0.6) is 0 Å². The van der Waals surface area contributed by atoms with Crippen LogP contribution in [-0.2, 0) is 0 Å². The van der Waals surface area contributed by atoms with E-state index in [1.807, 2.05) is 66.7 Å². The van der Waals surface area contributed by atoms with E-state index < -0.39 is 0 Å². The molecule has 0 fully saturated rings. The van der Waals surface area contributed by atoms with Crippen molar-refractivity contribution in [2.75, 3.05) is 0 Å². The molecule has 6 aromatic rings. The molecule has 0 aliphatic carbocycles. The summed E-state index contributed by atoms with van der Waals surface area (Å²) in [6, 6.07) is 36.7. The van der Waals surface area contributed by atoms with Crippen molar-refractivity contribution < 1.29 is 0 Å². The number of nitrogens with zero attached hydrogens (tertiary/aromatic N) is 4. The minimum absolute atomic E-state index is 0.906. The molecular formula is C31H26N4. The molecule has 0 saturated heterocycles. The summed E-state index contributed by atoms with van der Waals surface area (Å²) in [5, 5.41) is 0. The molecule has 0 radical (unpaired) electrons. The number of hydrogen-bond donors (Lipinski definition) is 0. The fourth-order valence-electron chi connectivity index (χ4n) is 3.97. The van der Waals surface area contributed by atoms with Crippen molar-refractivity contribution in [2.24, 2.45) is 0 Å². The van der Waals surface area contributed by atoms with E-state index in [0.29, 0.717) is 0 Å². The zero-order valence-corrected chi connectivity index (χ0v) is 19.8. The molecule has 2 aromatic carbocycles. The van der Waals surface area contributed by atoms with Crippen LogP contribution in [0.2, 0.25) is 0 Å². The second-order valence-electron chi connectivity index (χ2n) is 8.38. The SMILES string of the molecule is Cc1cc(-c2ccccc2)nc(-c2ccccn2)c1.Cc1cccc2nc(-c3ccccc3)cn12. The molecule has 4 aromatic heterocycles. The molecule has 4 heteroatoms. The summed E-state index contributed by atoms with van der Waals surface area (Å²) in [4.78, 5) is 13.7. The largest absolute Gasteiger partial charge is 0.304 e. The van der Waals surface area contributed by atoms with Crippen LogP contribution in [0.3, 0.4) is 0 Å². The van der Waals surface area contributed by atoms with E-state index in [9.17, 15) is 0 Å². The lowest BCUT2D eigenvalue weighted by Gasteiger charge is -2.06. The lowest BCUT2D eigenvalue weighted by molar-refractivity contribution is 1.09. The minimum atomic E-state index is 0.906. The first kappa shape index (κ1) is 22.2. The van der Waals surface area contributed by atoms with E-state index in [1.54, 1.807) is 6.20 Å². The van der Waals surface area contributed by atoms with E-state index in [2.05, 4.69) is 76.9 Å². The molecule has 0 N–H and O–H groups in total. The van der Waals surface area contributed by atoms with Gasteiger partial charge in [-0.2, -0.15) is 0 Å². The second-order valence-corrected chi connectivity index (χ2v) is 8.38. The minimum Gasteiger partial charge on any atom is -0.304 e. The number of hydrogen-bond acceptors (Lipinski definition) is 3. The number of rotatable bonds is 3. The maximum Gasteiger partial charge on any atom is 0.137 e. The summed E-state index contributed by atoms with van der Waals surface area (Å²) < 4.78 is 2.11. The van der Waals surface area contributed by atoms with Crippen molar-refractivity contribution in [3.8, 4) is 33.9 Å². The van der Waals surface area contributed by atoms with Crippen LogP contribution in [0.1, 0.15) is 11.3 Å². The quantitative estimate of drug-likeness (QED) is 0.279. The highest BCUT2D eigenvalue weighted by Gasteiger charge is 2.06. The van der Waals surface area contributed by atoms with Gasteiger partial charge < -0.3 is 4.40 Å². The summed E-state index contributed by atoms with van der Waals surface area (Å²) in [5.74, 6) is 0. The molecule has 0 saturated carbocycles. The highest BCUT2D eigenvalue weighted by atomic mass is 15.0. The predicted octanol–water partition coefficient (Wildman–Crippen LogP) is 7.43. The van der Waals surface area contributed by atoms with Gasteiger partial charge in [0.15, 0.2) is 0 Å². The predicted molar refractivity (Wildman–Crippen MR) is 143 cm³/mol. The van der Waals surface area contributed by atoms with Crippen LogP contribution in [0.15, 0.2) is 122 Å². The Morgan fingerprint density at radius 3 is 1.86 bits per heavy atom. The molecule has 4 heterocycles. The second kappa shape index (κ2) is 10.1. The van der Waals surface area contributed by atoms with Gasteiger partial charge in [0.2, 0.25) is 0 Å². The van der Waals surface area contributed by atoms with E-state index in [0.717, 1.165) is 39.5 Å². The molecular weight excluding hydrogens is 428 g/mol. The summed E-state index contributed by atoms with van der Waals surface area (Å²) in [5.41, 5.74) is 9.51. The van der Waals surface area contributed by atoms with Gasteiger partial charge >= 0.3 is 0 Å². The molecule has 0 unspecified atom stereocenters. The third-order valence-electron chi connectivity index (χ3n) is 5.73. The van der Waals surface area contributed by atoms with Gasteiger partial charge in [0.1, 0.15) is 5.65 Å². The molecule has 35 heavy (non-hydrogen) atoms. The normalized spacial score (nSPS) is 10.6. The topological polar surface area (TPSA) is 43.1 Å². The van der Waals surface area contributed by atoms with Crippen LogP contribution < -0.4 is 0 Å². The Morgan fingerprint density at radius 1 is 0.543 bits per heavy atom. The van der Waals surface area contributed by atoms with Gasteiger partial charge in [-0.05, 0) is 55.8 Å². The monoisotopic (exact) mass is 454 g/mol. The van der Waals surface area contributed by atoms with E-state index >= 15 is 0 Å². The van der Waals surface area contributed by atoms with Gasteiger partial charge in [0.05, 0.1) is 22.8 Å². The first-order valence-electron chi connectivity index (χ1n) is 11.6. The fourth-order valence-corrected chi connectivity index (χ4v) is 3.97. The molecule has 0 aliphatic heterocycles. The summed E-state index contributed by atoms with van der Waals surface area (Å²) >= 11 is 0. The maximum atomic E-state index is 4.71. The highest BCUT2D eigenvalue weighted by Crippen LogP contribution is 2.23. The Hall–Kier alpha value is -4.57. The molecule has 0 spiro atoms. The number of imidazole rings is 1. The first-order chi connectivity index (χ1) is 17.2. The smallest absolute Gasteiger partial charge is 0.137 e. The molecule has 6 rings (SSSR count). The molecule has 170 valence electrons. The number of aryl methyl sites for hydroxylation is 2. The highest BCUT2D eigenvalue weighted by molar-refractivity contribution is 5.65. The van der Waals surface area contributed by atoms with Gasteiger partial charge in [-0.15, -0.1) is 0 Å². The average Bonchev–Trinajstić information content (AvgIpc) is 3.36. The van der Waals surface area contributed by atoms with Gasteiger partial charge in [-0.1, -0.05) is 72.8 Å². The first-order valence-corrected chi connectivity index (χ1v) is 11.6. The third-order valence-corrected chi connectivity index (χ3v) is 5.73. The summed E-state index contributed by atoms with van der Waals surface area (Å²) in [6.45, 7) is 4.17. The Morgan fingerprint density at radius 2 is 1.20 bits per heavy atom. The Kier molecular flexibility index (Phi) is 6.44. The third kappa shape index (κ3) is 5.17. The Bertz CT molecular complexity index is 1480. The van der Waals surface area contributed by atoms with E-state index in [4.69, 9.17) is 4.98 Å². The van der Waals surface area contributed by atoms with Gasteiger partial charge in [-0.3, -0.25) is 4.98 Å². The van der Waals surface area contributed by atoms with Crippen LogP contribution in [0.25, 0.3) is 39.5 Å². The lowest BCUT2D eigenvalue weighted by Crippen LogP contribution is -1.91. The molecule has 0 aliphatic rings. The Balaban J connectivity index is 0.000000147. The standard InChI is InChI=1S/C17H14N2.C14H12N2/c1-13-11-16(14-7-3-2-4-8-14)19-17(12-13)15-9-5-6-10-18-15;1-11-6-5-9-14-15-13(10-16(11)14)12-7-3-2-4-8-12/h2-12H,1H3;2-10H,1H3. The van der Waals surface area contributed by atoms with Crippen molar-refractivity contribution in [3.63, 3.8) is 0 Å². The van der Waals surface area contributed by atoms with E-state index in [-0.39, 0.29) is 0 Å². The van der Waals surface area contributed by atoms with Crippen LogP contribution in [0.4, 0.5) is 0 Å².